The molecule has 0 aliphatic carbocycles. The van der Waals surface area contributed by atoms with E-state index < -0.39 is 15.7 Å². The first-order chi connectivity index (χ1) is 13.2. The maximum atomic E-state index is 14.0. The van der Waals surface area contributed by atoms with Crippen molar-refractivity contribution >= 4 is 20.6 Å². The van der Waals surface area contributed by atoms with Gasteiger partial charge in [-0.15, -0.1) is 0 Å². The van der Waals surface area contributed by atoms with Crippen LogP contribution < -0.4 is 10.3 Å². The molecule has 148 valence electrons. The van der Waals surface area contributed by atoms with Crippen LogP contribution in [0.25, 0.3) is 21.9 Å². The molecule has 28 heavy (non-hydrogen) atoms. The Kier molecular flexibility index (Phi) is 5.56. The summed E-state index contributed by atoms with van der Waals surface area (Å²) in [4.78, 5) is 12.5. The molecule has 1 aromatic heterocycles. The summed E-state index contributed by atoms with van der Waals surface area (Å²) >= 11 is 0. The summed E-state index contributed by atoms with van der Waals surface area (Å²) in [5.41, 5.74) is 1.60. The van der Waals surface area contributed by atoms with Crippen LogP contribution in [0.5, 0.6) is 5.75 Å². The van der Waals surface area contributed by atoms with Gasteiger partial charge in [-0.1, -0.05) is 13.0 Å². The quantitative estimate of drug-likeness (QED) is 0.630. The summed E-state index contributed by atoms with van der Waals surface area (Å²) in [6, 6.07) is 9.20. The van der Waals surface area contributed by atoms with E-state index in [1.165, 1.54) is 29.0 Å². The average molecular weight is 403 g/mol. The molecule has 7 heteroatoms. The van der Waals surface area contributed by atoms with Crippen LogP contribution in [0, 0.1) is 5.82 Å². The van der Waals surface area contributed by atoms with Gasteiger partial charge in [-0.3, -0.25) is 4.79 Å². The molecule has 0 bridgehead atoms. The van der Waals surface area contributed by atoms with Crippen molar-refractivity contribution in [2.75, 3.05) is 12.9 Å². The van der Waals surface area contributed by atoms with E-state index in [0.29, 0.717) is 39.8 Å². The van der Waals surface area contributed by atoms with E-state index in [4.69, 9.17) is 4.74 Å². The molecule has 3 aromatic rings. The number of hydrogen-bond acceptors (Lipinski definition) is 4. The third-order valence-corrected chi connectivity index (χ3v) is 5.23. The Morgan fingerprint density at radius 2 is 1.82 bits per heavy atom. The Labute approximate surface area is 163 Å². The number of aromatic nitrogens is 1. The van der Waals surface area contributed by atoms with Crippen molar-refractivity contribution in [2.24, 2.45) is 7.05 Å². The molecule has 0 aliphatic rings. The number of ether oxygens (including phenoxy) is 1. The Morgan fingerprint density at radius 3 is 2.50 bits per heavy atom. The monoisotopic (exact) mass is 403 g/mol. The Morgan fingerprint density at radius 1 is 1.07 bits per heavy atom. The lowest BCUT2D eigenvalue weighted by molar-refractivity contribution is 0.318. The number of pyridine rings is 1. The van der Waals surface area contributed by atoms with E-state index in [1.54, 1.807) is 31.4 Å². The molecule has 0 unspecified atom stereocenters. The number of nitrogens with zero attached hydrogens (tertiary/aromatic N) is 1. The predicted octanol–water partition coefficient (Wildman–Crippen LogP) is 3.68. The number of aryl methyl sites for hydroxylation is 1. The van der Waals surface area contributed by atoms with E-state index in [1.807, 2.05) is 6.92 Å². The summed E-state index contributed by atoms with van der Waals surface area (Å²) in [5.74, 6) is -0.0137. The van der Waals surface area contributed by atoms with Crippen LogP contribution in [0.3, 0.4) is 0 Å². The minimum absolute atomic E-state index is 0.119. The molecule has 1 heterocycles. The molecule has 0 aliphatic heterocycles. The van der Waals surface area contributed by atoms with Gasteiger partial charge in [0, 0.05) is 36.0 Å². The zero-order valence-electron chi connectivity index (χ0n) is 16.0. The lowest BCUT2D eigenvalue weighted by atomic mass is 9.98. The largest absolute Gasteiger partial charge is 0.493 e. The first kappa shape index (κ1) is 20.1. The minimum atomic E-state index is -3.23. The van der Waals surface area contributed by atoms with Gasteiger partial charge in [0.2, 0.25) is 0 Å². The van der Waals surface area contributed by atoms with E-state index in [2.05, 4.69) is 0 Å². The second-order valence-electron chi connectivity index (χ2n) is 6.90. The summed E-state index contributed by atoms with van der Waals surface area (Å²) in [6.07, 6.45) is 3.60. The molecule has 0 fully saturated rings. The Balaban J connectivity index is 2.31. The molecule has 0 radical (unpaired) electrons. The molecule has 2 aromatic carbocycles. The lowest BCUT2D eigenvalue weighted by Gasteiger charge is -2.16. The normalized spacial score (nSPS) is 11.7. The van der Waals surface area contributed by atoms with Gasteiger partial charge in [0.15, 0.2) is 9.84 Å². The summed E-state index contributed by atoms with van der Waals surface area (Å²) in [5, 5.41) is 0.845. The van der Waals surface area contributed by atoms with E-state index in [9.17, 15) is 17.6 Å². The van der Waals surface area contributed by atoms with Crippen molar-refractivity contribution in [3.8, 4) is 16.9 Å². The van der Waals surface area contributed by atoms with Gasteiger partial charge in [-0.05, 0) is 47.7 Å². The van der Waals surface area contributed by atoms with Gasteiger partial charge < -0.3 is 9.30 Å². The molecule has 5 nitrogen and oxygen atoms in total. The molecule has 0 amide bonds. The molecule has 0 spiro atoms. The summed E-state index contributed by atoms with van der Waals surface area (Å²) < 4.78 is 44.7. The number of sulfone groups is 1. The van der Waals surface area contributed by atoms with Crippen LogP contribution in [0.4, 0.5) is 4.39 Å². The van der Waals surface area contributed by atoms with Crippen LogP contribution >= 0.6 is 0 Å². The lowest BCUT2D eigenvalue weighted by Crippen LogP contribution is -2.16. The Bertz CT molecular complexity index is 1200. The second kappa shape index (κ2) is 7.75. The summed E-state index contributed by atoms with van der Waals surface area (Å²) in [6.45, 7) is 2.46. The van der Waals surface area contributed by atoms with Crippen molar-refractivity contribution < 1.29 is 17.5 Å². The first-order valence-electron chi connectivity index (χ1n) is 8.92. The zero-order chi connectivity index (χ0) is 20.5. The van der Waals surface area contributed by atoms with Crippen LogP contribution in [0.15, 0.2) is 47.4 Å². The number of halogens is 1. The van der Waals surface area contributed by atoms with Crippen molar-refractivity contribution in [1.82, 2.24) is 4.57 Å². The SMILES string of the molecule is CCCOc1ccc(CS(C)(=O)=O)cc1-c1cn(C)c(=O)c2ccc(F)cc12. The number of fused-ring (bicyclic) bond motifs is 1. The van der Waals surface area contributed by atoms with Gasteiger partial charge in [0.05, 0.1) is 12.4 Å². The smallest absolute Gasteiger partial charge is 0.258 e. The molecular weight excluding hydrogens is 381 g/mol. The van der Waals surface area contributed by atoms with E-state index in [-0.39, 0.29) is 11.3 Å². The van der Waals surface area contributed by atoms with Gasteiger partial charge in [0.25, 0.3) is 5.56 Å². The minimum Gasteiger partial charge on any atom is -0.493 e. The van der Waals surface area contributed by atoms with Crippen molar-refractivity contribution in [2.45, 2.75) is 19.1 Å². The highest BCUT2D eigenvalue weighted by molar-refractivity contribution is 7.89. The highest BCUT2D eigenvalue weighted by atomic mass is 32.2. The van der Waals surface area contributed by atoms with Crippen LogP contribution in [-0.2, 0) is 22.6 Å². The Hall–Kier alpha value is -2.67. The fourth-order valence-electron chi connectivity index (χ4n) is 3.17. The van der Waals surface area contributed by atoms with Gasteiger partial charge >= 0.3 is 0 Å². The van der Waals surface area contributed by atoms with Crippen LogP contribution in [0.1, 0.15) is 18.9 Å². The van der Waals surface area contributed by atoms with Crippen molar-refractivity contribution in [3.63, 3.8) is 0 Å². The van der Waals surface area contributed by atoms with Gasteiger partial charge in [-0.25, -0.2) is 12.8 Å². The average Bonchev–Trinajstić information content (AvgIpc) is 2.62. The fourth-order valence-corrected chi connectivity index (χ4v) is 3.96. The van der Waals surface area contributed by atoms with E-state index in [0.717, 1.165) is 6.42 Å². The summed E-state index contributed by atoms with van der Waals surface area (Å²) in [7, 11) is -1.60. The molecule has 0 saturated carbocycles. The van der Waals surface area contributed by atoms with E-state index >= 15 is 0 Å². The third-order valence-electron chi connectivity index (χ3n) is 4.37. The zero-order valence-corrected chi connectivity index (χ0v) is 16.8. The second-order valence-corrected chi connectivity index (χ2v) is 9.04. The fraction of sp³-hybridized carbons (Fsp3) is 0.286. The molecule has 3 rings (SSSR count). The van der Waals surface area contributed by atoms with Crippen LogP contribution in [-0.4, -0.2) is 25.8 Å². The molecule has 0 N–H and O–H groups in total. The number of hydrogen-bond donors (Lipinski definition) is 0. The highest BCUT2D eigenvalue weighted by Gasteiger charge is 2.16. The predicted molar refractivity (Wildman–Crippen MR) is 109 cm³/mol. The molecule has 0 atom stereocenters. The maximum Gasteiger partial charge on any atom is 0.258 e. The highest BCUT2D eigenvalue weighted by Crippen LogP contribution is 2.35. The van der Waals surface area contributed by atoms with Crippen molar-refractivity contribution in [1.29, 1.82) is 0 Å². The number of benzene rings is 2. The van der Waals surface area contributed by atoms with Gasteiger partial charge in [-0.2, -0.15) is 0 Å². The topological polar surface area (TPSA) is 65.4 Å². The molecule has 0 saturated heterocycles. The van der Waals surface area contributed by atoms with Gasteiger partial charge in [0.1, 0.15) is 11.6 Å². The molecular formula is C21H22FNO4S. The van der Waals surface area contributed by atoms with Crippen LogP contribution in [0.2, 0.25) is 0 Å². The maximum absolute atomic E-state index is 14.0. The third kappa shape index (κ3) is 4.25. The first-order valence-corrected chi connectivity index (χ1v) is 11.0. The standard InChI is InChI=1S/C21H22FNO4S/c1-4-9-27-20-8-5-14(13-28(3,25)26)10-18(20)19-12-23(2)21(24)16-7-6-15(22)11-17(16)19/h5-8,10-12H,4,9,13H2,1-3H3. The number of rotatable bonds is 6. The van der Waals surface area contributed by atoms with Crippen molar-refractivity contribution in [3.05, 3.63) is 64.3 Å².